The number of carbonyl (C=O) groups excluding carboxylic acids is 3. The first-order valence-electron chi connectivity index (χ1n) is 9.51. The van der Waals surface area contributed by atoms with Crippen molar-refractivity contribution in [1.29, 1.82) is 0 Å². The van der Waals surface area contributed by atoms with Gasteiger partial charge in [-0.15, -0.1) is 0 Å². The molecule has 2 aliphatic heterocycles. The van der Waals surface area contributed by atoms with Gasteiger partial charge in [0.2, 0.25) is 17.7 Å². The minimum absolute atomic E-state index is 0.0888. The van der Waals surface area contributed by atoms with Crippen LogP contribution in [0.1, 0.15) is 24.9 Å². The lowest BCUT2D eigenvalue weighted by Gasteiger charge is -2.40. The van der Waals surface area contributed by atoms with Gasteiger partial charge in [0, 0.05) is 20.5 Å². The lowest BCUT2D eigenvalue weighted by atomic mass is 9.92. The van der Waals surface area contributed by atoms with E-state index in [4.69, 9.17) is 9.90 Å². The molecular formula is C20H24F3N3O5. The Labute approximate surface area is 177 Å². The molecule has 31 heavy (non-hydrogen) atoms. The maximum atomic E-state index is 12.9. The summed E-state index contributed by atoms with van der Waals surface area (Å²) in [6, 6.07) is 7.81. The van der Waals surface area contributed by atoms with Gasteiger partial charge < -0.3 is 19.8 Å². The van der Waals surface area contributed by atoms with Crippen LogP contribution in [0.15, 0.2) is 30.3 Å². The van der Waals surface area contributed by atoms with E-state index in [0.29, 0.717) is 10.5 Å². The number of benzene rings is 1. The monoisotopic (exact) mass is 443 g/mol. The second-order valence-corrected chi connectivity index (χ2v) is 7.47. The van der Waals surface area contributed by atoms with Crippen LogP contribution in [-0.2, 0) is 19.2 Å². The number of carbonyl (C=O) groups is 4. The van der Waals surface area contributed by atoms with Gasteiger partial charge in [-0.1, -0.05) is 30.3 Å². The van der Waals surface area contributed by atoms with Crippen LogP contribution in [0.2, 0.25) is 0 Å². The molecule has 3 rings (SSSR count). The number of hydrogen-bond donors (Lipinski definition) is 1. The van der Waals surface area contributed by atoms with Gasteiger partial charge in [0.1, 0.15) is 6.54 Å². The van der Waals surface area contributed by atoms with Gasteiger partial charge in [0.05, 0.1) is 24.5 Å². The van der Waals surface area contributed by atoms with Gasteiger partial charge in [-0.2, -0.15) is 13.2 Å². The second-order valence-electron chi connectivity index (χ2n) is 7.47. The molecule has 0 unspecified atom stereocenters. The van der Waals surface area contributed by atoms with Crippen LogP contribution < -0.4 is 0 Å². The molecule has 11 heteroatoms. The highest BCUT2D eigenvalue weighted by molar-refractivity contribution is 5.88. The Bertz CT molecular complexity index is 818. The van der Waals surface area contributed by atoms with E-state index in [1.807, 2.05) is 0 Å². The molecular weight excluding hydrogens is 419 g/mol. The normalized spacial score (nSPS) is 22.9. The summed E-state index contributed by atoms with van der Waals surface area (Å²) >= 11 is 0. The number of halogens is 3. The topological polar surface area (TPSA) is 98.2 Å². The van der Waals surface area contributed by atoms with Crippen molar-refractivity contribution in [3.63, 3.8) is 0 Å². The van der Waals surface area contributed by atoms with E-state index in [1.54, 1.807) is 35.2 Å². The van der Waals surface area contributed by atoms with Crippen LogP contribution >= 0.6 is 0 Å². The van der Waals surface area contributed by atoms with Crippen molar-refractivity contribution < 1.29 is 37.5 Å². The van der Waals surface area contributed by atoms with Crippen molar-refractivity contribution in [3.05, 3.63) is 35.9 Å². The molecule has 1 N–H and O–H groups in total. The SMILES string of the molecule is CC(=O)N1CC(=O)N2[C@@H](C[C@H](C(=O)N(C)CC(F)(F)F)[C@@H]2c2ccccc2)C1.O=CO. The van der Waals surface area contributed by atoms with Crippen LogP contribution in [0, 0.1) is 5.92 Å². The molecule has 170 valence electrons. The fourth-order valence-corrected chi connectivity index (χ4v) is 4.19. The van der Waals surface area contributed by atoms with Crippen molar-refractivity contribution in [2.45, 2.75) is 31.6 Å². The minimum Gasteiger partial charge on any atom is -0.483 e. The second kappa shape index (κ2) is 9.80. The lowest BCUT2D eigenvalue weighted by Crippen LogP contribution is -2.55. The average Bonchev–Trinajstić information content (AvgIpc) is 3.07. The summed E-state index contributed by atoms with van der Waals surface area (Å²) in [4.78, 5) is 49.4. The number of rotatable bonds is 3. The molecule has 0 spiro atoms. The Balaban J connectivity index is 0.00000107. The largest absolute Gasteiger partial charge is 0.483 e. The average molecular weight is 443 g/mol. The summed E-state index contributed by atoms with van der Waals surface area (Å²) in [6.45, 7) is -0.0417. The molecule has 1 aromatic carbocycles. The zero-order valence-electron chi connectivity index (χ0n) is 17.1. The molecule has 0 saturated carbocycles. The number of nitrogens with zero attached hydrogens (tertiary/aromatic N) is 3. The van der Waals surface area contributed by atoms with Gasteiger partial charge in [0.25, 0.3) is 6.47 Å². The molecule has 2 fully saturated rings. The molecule has 2 saturated heterocycles. The van der Waals surface area contributed by atoms with Crippen molar-refractivity contribution >= 4 is 24.2 Å². The quantitative estimate of drug-likeness (QED) is 0.715. The number of piperazine rings is 1. The fraction of sp³-hybridized carbons (Fsp3) is 0.500. The van der Waals surface area contributed by atoms with Crippen LogP contribution in [0.25, 0.3) is 0 Å². The molecule has 3 atom stereocenters. The Kier molecular flexibility index (Phi) is 7.64. The van der Waals surface area contributed by atoms with E-state index in [1.165, 1.54) is 11.8 Å². The predicted octanol–water partition coefficient (Wildman–Crippen LogP) is 1.53. The number of hydrogen-bond acceptors (Lipinski definition) is 4. The zero-order valence-corrected chi connectivity index (χ0v) is 17.1. The molecule has 0 aromatic heterocycles. The molecule has 2 heterocycles. The van der Waals surface area contributed by atoms with E-state index in [-0.39, 0.29) is 37.8 Å². The van der Waals surface area contributed by atoms with E-state index >= 15 is 0 Å². The van der Waals surface area contributed by atoms with E-state index in [0.717, 1.165) is 7.05 Å². The minimum atomic E-state index is -4.50. The van der Waals surface area contributed by atoms with Crippen molar-refractivity contribution in [3.8, 4) is 0 Å². The van der Waals surface area contributed by atoms with Crippen LogP contribution in [0.4, 0.5) is 13.2 Å². The standard InChI is InChI=1S/C19H22F3N3O3.CH2O2/c1-12(26)24-9-14-8-15(18(28)23(2)11-19(20,21)22)17(25(14)16(27)10-24)13-6-4-3-5-7-13;2-1-3/h3-7,14-15,17H,8-11H2,1-2H3;1H,(H,2,3)/t14-,15-,17-;/m0./s1. The summed E-state index contributed by atoms with van der Waals surface area (Å²) in [7, 11) is 1.12. The third kappa shape index (κ3) is 5.74. The number of carboxylic acid groups (broad SMARTS) is 1. The molecule has 2 aliphatic rings. The summed E-state index contributed by atoms with van der Waals surface area (Å²) in [5, 5.41) is 6.89. The zero-order chi connectivity index (χ0) is 23.3. The fourth-order valence-electron chi connectivity index (χ4n) is 4.19. The Morgan fingerprint density at radius 1 is 1.26 bits per heavy atom. The molecule has 0 aliphatic carbocycles. The van der Waals surface area contributed by atoms with Crippen LogP contribution in [0.3, 0.4) is 0 Å². The highest BCUT2D eigenvalue weighted by Gasteiger charge is 2.51. The number of fused-ring (bicyclic) bond motifs is 1. The van der Waals surface area contributed by atoms with Gasteiger partial charge >= 0.3 is 6.18 Å². The van der Waals surface area contributed by atoms with E-state index < -0.39 is 36.6 Å². The smallest absolute Gasteiger partial charge is 0.406 e. The summed E-state index contributed by atoms with van der Waals surface area (Å²) in [6.07, 6.45) is -4.28. The highest BCUT2D eigenvalue weighted by Crippen LogP contribution is 2.43. The molecule has 0 bridgehead atoms. The van der Waals surface area contributed by atoms with Crippen LogP contribution in [-0.4, -0.2) is 82.9 Å². The molecule has 1 aromatic rings. The van der Waals surface area contributed by atoms with Gasteiger partial charge in [0.15, 0.2) is 0 Å². The first-order chi connectivity index (χ1) is 14.5. The predicted molar refractivity (Wildman–Crippen MR) is 103 cm³/mol. The summed E-state index contributed by atoms with van der Waals surface area (Å²) in [5.74, 6) is -1.99. The van der Waals surface area contributed by atoms with Crippen molar-refractivity contribution in [2.75, 3.05) is 26.7 Å². The molecule has 3 amide bonds. The van der Waals surface area contributed by atoms with Crippen molar-refractivity contribution in [1.82, 2.24) is 14.7 Å². The van der Waals surface area contributed by atoms with E-state index in [2.05, 4.69) is 0 Å². The molecule has 0 radical (unpaired) electrons. The maximum Gasteiger partial charge on any atom is 0.406 e. The Morgan fingerprint density at radius 3 is 2.35 bits per heavy atom. The van der Waals surface area contributed by atoms with Gasteiger partial charge in [-0.25, -0.2) is 0 Å². The third-order valence-electron chi connectivity index (χ3n) is 5.34. The van der Waals surface area contributed by atoms with Crippen LogP contribution in [0.5, 0.6) is 0 Å². The van der Waals surface area contributed by atoms with Gasteiger partial charge in [-0.3, -0.25) is 19.2 Å². The van der Waals surface area contributed by atoms with Crippen molar-refractivity contribution in [2.24, 2.45) is 5.92 Å². The lowest BCUT2D eigenvalue weighted by molar-refractivity contribution is -0.161. The first-order valence-corrected chi connectivity index (χ1v) is 9.51. The first kappa shape index (κ1) is 24.2. The third-order valence-corrected chi connectivity index (χ3v) is 5.34. The Morgan fingerprint density at radius 2 is 1.84 bits per heavy atom. The molecule has 8 nitrogen and oxygen atoms in total. The van der Waals surface area contributed by atoms with Gasteiger partial charge in [-0.05, 0) is 12.0 Å². The maximum absolute atomic E-state index is 12.9. The number of amides is 3. The van der Waals surface area contributed by atoms with E-state index in [9.17, 15) is 27.6 Å². The number of alkyl halides is 3. The Hall–Kier alpha value is -3.11. The highest BCUT2D eigenvalue weighted by atomic mass is 19.4. The summed E-state index contributed by atoms with van der Waals surface area (Å²) in [5.41, 5.74) is 0.702. The summed E-state index contributed by atoms with van der Waals surface area (Å²) < 4.78 is 38.3.